The molecule has 2 amide bonds. The van der Waals surface area contributed by atoms with Crippen molar-refractivity contribution in [2.24, 2.45) is 0 Å². The topological polar surface area (TPSA) is 158 Å². The predicted molar refractivity (Wildman–Crippen MR) is 134 cm³/mol. The van der Waals surface area contributed by atoms with Crippen molar-refractivity contribution in [3.8, 4) is 5.69 Å². The number of amides is 2. The number of rotatable bonds is 9. The molecular weight excluding hydrogens is 523 g/mol. The molecule has 0 atom stereocenters. The second kappa shape index (κ2) is 11.2. The molecule has 2 aromatic carbocycles. The van der Waals surface area contributed by atoms with Gasteiger partial charge < -0.3 is 5.32 Å². The Hall–Kier alpha value is -4.24. The van der Waals surface area contributed by atoms with Gasteiger partial charge in [0.25, 0.3) is 11.6 Å². The summed E-state index contributed by atoms with van der Waals surface area (Å²) in [4.78, 5) is 35.7. The Morgan fingerprint density at radius 1 is 1.11 bits per heavy atom. The zero-order valence-corrected chi connectivity index (χ0v) is 21.1. The van der Waals surface area contributed by atoms with E-state index in [4.69, 9.17) is 0 Å². The number of aromatic nitrogens is 5. The molecule has 37 heavy (non-hydrogen) atoms. The number of aryl methyl sites for hydroxylation is 2. The average molecular weight is 543 g/mol. The molecule has 4 rings (SSSR count). The number of benzene rings is 2. The molecular formula is C22H19FN8O4S2. The molecule has 0 aliphatic carbocycles. The van der Waals surface area contributed by atoms with E-state index in [1.165, 1.54) is 53.8 Å². The lowest BCUT2D eigenvalue weighted by atomic mass is 10.1. The predicted octanol–water partition coefficient (Wildman–Crippen LogP) is 3.44. The van der Waals surface area contributed by atoms with E-state index < -0.39 is 16.6 Å². The van der Waals surface area contributed by atoms with Gasteiger partial charge in [0.15, 0.2) is 11.0 Å². The molecule has 2 N–H and O–H groups in total. The first-order valence-corrected chi connectivity index (χ1v) is 12.5. The number of thioether (sulfide) groups is 1. The normalized spacial score (nSPS) is 10.8. The quantitative estimate of drug-likeness (QED) is 0.184. The maximum atomic E-state index is 13.5. The van der Waals surface area contributed by atoms with E-state index in [2.05, 4.69) is 31.0 Å². The van der Waals surface area contributed by atoms with Gasteiger partial charge in [-0.1, -0.05) is 29.2 Å². The minimum absolute atomic E-state index is 0.0165. The Morgan fingerprint density at radius 3 is 2.54 bits per heavy atom. The molecule has 0 saturated heterocycles. The largest absolute Gasteiger partial charge is 0.345 e. The molecule has 0 aliphatic rings. The first-order chi connectivity index (χ1) is 17.7. The third-order valence-corrected chi connectivity index (χ3v) is 6.65. The Bertz CT molecular complexity index is 1470. The maximum Gasteiger partial charge on any atom is 0.273 e. The summed E-state index contributed by atoms with van der Waals surface area (Å²) in [5.41, 5.74) is 0.903. The number of hydrogen-bond acceptors (Lipinski definition) is 10. The van der Waals surface area contributed by atoms with Crippen LogP contribution in [0.1, 0.15) is 26.8 Å². The van der Waals surface area contributed by atoms with Gasteiger partial charge in [0.1, 0.15) is 10.8 Å². The van der Waals surface area contributed by atoms with Gasteiger partial charge in [-0.3, -0.25) is 29.6 Å². The zero-order valence-electron chi connectivity index (χ0n) is 19.5. The van der Waals surface area contributed by atoms with Crippen molar-refractivity contribution in [3.05, 3.63) is 80.4 Å². The van der Waals surface area contributed by atoms with Crippen LogP contribution in [0.25, 0.3) is 5.69 Å². The SMILES string of the molecule is Cc1nnc(NC(=O)CSc2nnc(CNC(=O)c3ccc(C)c([N+](=O)[O-])c3)n2-c2ccc(F)cc2)s1. The number of nitro benzene ring substituents is 1. The van der Waals surface area contributed by atoms with Gasteiger partial charge in [0.2, 0.25) is 11.0 Å². The van der Waals surface area contributed by atoms with Gasteiger partial charge in [-0.05, 0) is 44.2 Å². The van der Waals surface area contributed by atoms with E-state index in [-0.39, 0.29) is 29.5 Å². The van der Waals surface area contributed by atoms with Crippen molar-refractivity contribution in [3.63, 3.8) is 0 Å². The molecule has 0 saturated carbocycles. The smallest absolute Gasteiger partial charge is 0.273 e. The molecule has 0 unspecified atom stereocenters. The van der Waals surface area contributed by atoms with Gasteiger partial charge in [0.05, 0.1) is 17.2 Å². The van der Waals surface area contributed by atoms with Crippen LogP contribution in [0.5, 0.6) is 0 Å². The number of nitrogens with one attached hydrogen (secondary N) is 2. The van der Waals surface area contributed by atoms with Crippen LogP contribution >= 0.6 is 23.1 Å². The second-order valence-corrected chi connectivity index (χ2v) is 9.74. The monoisotopic (exact) mass is 542 g/mol. The number of nitro groups is 1. The highest BCUT2D eigenvalue weighted by atomic mass is 32.2. The van der Waals surface area contributed by atoms with Crippen molar-refractivity contribution in [1.82, 2.24) is 30.3 Å². The van der Waals surface area contributed by atoms with Crippen LogP contribution in [0, 0.1) is 29.8 Å². The van der Waals surface area contributed by atoms with Crippen molar-refractivity contribution in [2.75, 3.05) is 11.1 Å². The Labute approximate surface area is 217 Å². The maximum absolute atomic E-state index is 13.5. The zero-order chi connectivity index (χ0) is 26.5. The third-order valence-electron chi connectivity index (χ3n) is 4.97. The van der Waals surface area contributed by atoms with Crippen molar-refractivity contribution >= 4 is 45.7 Å². The number of halogens is 1. The minimum atomic E-state index is -0.552. The average Bonchev–Trinajstić information content (AvgIpc) is 3.47. The summed E-state index contributed by atoms with van der Waals surface area (Å²) in [6.45, 7) is 3.27. The lowest BCUT2D eigenvalue weighted by Crippen LogP contribution is -2.25. The van der Waals surface area contributed by atoms with Crippen LogP contribution in [0.2, 0.25) is 0 Å². The standard InChI is InChI=1S/C22H19FN8O4S2/c1-12-3-4-14(9-17(12)31(34)35)20(33)24-10-18-27-29-22(30(18)16-7-5-15(23)6-8-16)36-11-19(32)25-21-28-26-13(2)37-21/h3-9H,10-11H2,1-2H3,(H,24,33)(H,25,28,32). The molecule has 4 aromatic rings. The highest BCUT2D eigenvalue weighted by Crippen LogP contribution is 2.24. The number of anilines is 1. The second-order valence-electron chi connectivity index (χ2n) is 7.61. The summed E-state index contributed by atoms with van der Waals surface area (Å²) in [7, 11) is 0. The van der Waals surface area contributed by atoms with Crippen LogP contribution < -0.4 is 10.6 Å². The number of nitrogens with zero attached hydrogens (tertiary/aromatic N) is 6. The summed E-state index contributed by atoms with van der Waals surface area (Å²) in [6.07, 6.45) is 0. The summed E-state index contributed by atoms with van der Waals surface area (Å²) in [6, 6.07) is 9.75. The summed E-state index contributed by atoms with van der Waals surface area (Å²) >= 11 is 2.33. The van der Waals surface area contributed by atoms with Crippen LogP contribution in [0.3, 0.4) is 0 Å². The van der Waals surface area contributed by atoms with Gasteiger partial charge in [-0.2, -0.15) is 0 Å². The van der Waals surface area contributed by atoms with Crippen molar-refractivity contribution in [2.45, 2.75) is 25.5 Å². The molecule has 15 heteroatoms. The third kappa shape index (κ3) is 6.31. The fourth-order valence-corrected chi connectivity index (χ4v) is 4.58. The Balaban J connectivity index is 1.51. The van der Waals surface area contributed by atoms with Gasteiger partial charge in [0, 0.05) is 22.9 Å². The molecule has 0 fully saturated rings. The molecule has 190 valence electrons. The highest BCUT2D eigenvalue weighted by molar-refractivity contribution is 7.99. The van der Waals surface area contributed by atoms with Crippen molar-refractivity contribution < 1.29 is 18.9 Å². The minimum Gasteiger partial charge on any atom is -0.345 e. The molecule has 2 aromatic heterocycles. The van der Waals surface area contributed by atoms with Gasteiger partial charge in [-0.25, -0.2) is 4.39 Å². The molecule has 12 nitrogen and oxygen atoms in total. The van der Waals surface area contributed by atoms with E-state index in [1.54, 1.807) is 18.4 Å². The first-order valence-electron chi connectivity index (χ1n) is 10.7. The molecule has 0 spiro atoms. The summed E-state index contributed by atoms with van der Waals surface area (Å²) in [5.74, 6) is -1.02. The van der Waals surface area contributed by atoms with Gasteiger partial charge >= 0.3 is 0 Å². The van der Waals surface area contributed by atoms with Crippen LogP contribution in [-0.4, -0.2) is 47.5 Å². The van der Waals surface area contributed by atoms with Crippen molar-refractivity contribution in [1.29, 1.82) is 0 Å². The molecule has 0 aliphatic heterocycles. The highest BCUT2D eigenvalue weighted by Gasteiger charge is 2.19. The van der Waals surface area contributed by atoms with E-state index in [9.17, 15) is 24.1 Å². The van der Waals surface area contributed by atoms with Gasteiger partial charge in [-0.15, -0.1) is 20.4 Å². The Kier molecular flexibility index (Phi) is 7.83. The number of hydrogen-bond donors (Lipinski definition) is 2. The number of carbonyl (C=O) groups is 2. The van der Waals surface area contributed by atoms with Crippen LogP contribution in [0.4, 0.5) is 15.2 Å². The lowest BCUT2D eigenvalue weighted by molar-refractivity contribution is -0.385. The summed E-state index contributed by atoms with van der Waals surface area (Å²) in [5, 5.41) is 33.9. The molecule has 0 bridgehead atoms. The number of carbonyl (C=O) groups excluding carboxylic acids is 2. The fraction of sp³-hybridized carbons (Fsp3) is 0.182. The molecule has 0 radical (unpaired) electrons. The summed E-state index contributed by atoms with van der Waals surface area (Å²) < 4.78 is 15.1. The van der Waals surface area contributed by atoms with Crippen LogP contribution in [-0.2, 0) is 11.3 Å². The van der Waals surface area contributed by atoms with E-state index in [0.717, 1.165) is 11.8 Å². The van der Waals surface area contributed by atoms with E-state index in [1.807, 2.05) is 0 Å². The van der Waals surface area contributed by atoms with Crippen LogP contribution in [0.15, 0.2) is 47.6 Å². The van der Waals surface area contributed by atoms with E-state index >= 15 is 0 Å². The molecule has 2 heterocycles. The lowest BCUT2D eigenvalue weighted by Gasteiger charge is -2.11. The van der Waals surface area contributed by atoms with E-state index in [0.29, 0.717) is 32.4 Å². The first kappa shape index (κ1) is 25.8. The Morgan fingerprint density at radius 2 is 1.86 bits per heavy atom. The fourth-order valence-electron chi connectivity index (χ4n) is 3.20.